The Morgan fingerprint density at radius 1 is 0.941 bits per heavy atom. The van der Waals surface area contributed by atoms with Crippen LogP contribution < -0.4 is 10.6 Å². The normalized spacial score (nSPS) is 11.3. The first kappa shape index (κ1) is 24.3. The number of nitrogens with one attached hydrogen (secondary N) is 2. The Bertz CT molecular complexity index is 1240. The second-order valence-electron chi connectivity index (χ2n) is 7.07. The average molecular weight is 481 g/mol. The van der Waals surface area contributed by atoms with Crippen LogP contribution in [0.4, 0.5) is 17.1 Å². The molecule has 3 rings (SSSR count). The maximum atomic E-state index is 12.5. The van der Waals surface area contributed by atoms with Crippen molar-refractivity contribution in [2.75, 3.05) is 10.6 Å². The van der Waals surface area contributed by atoms with Gasteiger partial charge >= 0.3 is 5.97 Å². The van der Waals surface area contributed by atoms with Crippen LogP contribution in [0.2, 0.25) is 0 Å². The Morgan fingerprint density at radius 2 is 1.56 bits per heavy atom. The highest BCUT2D eigenvalue weighted by atomic mass is 32.2. The van der Waals surface area contributed by atoms with Gasteiger partial charge in [-0.2, -0.15) is 0 Å². The fraction of sp³-hybridized carbons (Fsp3) is 0.0870. The standard InChI is InChI=1S/C23H19N3O7S/c1-13(21(28)25-16-6-11-20(27)19(12-16)23(30)31)34-18-9-4-15(5-10-18)24-22(29)14-2-7-17(8-3-14)26(32)33/h2-13,27H,1H3,(H,24,29)(H,25,28)(H,30,31). The Hall–Kier alpha value is -4.38. The number of carboxylic acids is 1. The number of aromatic hydroxyl groups is 1. The van der Waals surface area contributed by atoms with Crippen LogP contribution in [0.3, 0.4) is 0 Å². The SMILES string of the molecule is CC(Sc1ccc(NC(=O)c2ccc([N+](=O)[O-])cc2)cc1)C(=O)Nc1ccc(O)c(C(=O)O)c1. The van der Waals surface area contributed by atoms with Crippen LogP contribution in [-0.4, -0.2) is 38.2 Å². The smallest absolute Gasteiger partial charge is 0.339 e. The summed E-state index contributed by atoms with van der Waals surface area (Å²) in [5.74, 6) is -2.48. The summed E-state index contributed by atoms with van der Waals surface area (Å²) in [6, 6.07) is 15.8. The van der Waals surface area contributed by atoms with E-state index in [0.29, 0.717) is 5.69 Å². The van der Waals surface area contributed by atoms with Crippen molar-refractivity contribution in [1.29, 1.82) is 0 Å². The minimum Gasteiger partial charge on any atom is -0.507 e. The van der Waals surface area contributed by atoms with Gasteiger partial charge in [0.05, 0.1) is 10.2 Å². The van der Waals surface area contributed by atoms with E-state index >= 15 is 0 Å². The fourth-order valence-electron chi connectivity index (χ4n) is 2.84. The summed E-state index contributed by atoms with van der Waals surface area (Å²) >= 11 is 1.26. The minimum absolute atomic E-state index is 0.108. The molecular formula is C23H19N3O7S. The molecule has 1 atom stereocenters. The maximum Gasteiger partial charge on any atom is 0.339 e. The molecule has 3 aromatic rings. The monoisotopic (exact) mass is 481 g/mol. The predicted molar refractivity (Wildman–Crippen MR) is 127 cm³/mol. The van der Waals surface area contributed by atoms with Crippen LogP contribution >= 0.6 is 11.8 Å². The van der Waals surface area contributed by atoms with E-state index in [4.69, 9.17) is 5.11 Å². The number of benzene rings is 3. The number of amides is 2. The van der Waals surface area contributed by atoms with Crippen molar-refractivity contribution >= 4 is 46.6 Å². The number of anilines is 2. The van der Waals surface area contributed by atoms with Gasteiger partial charge in [0, 0.05) is 34.0 Å². The lowest BCUT2D eigenvalue weighted by Crippen LogP contribution is -2.22. The predicted octanol–water partition coefficient (Wildman–Crippen LogP) is 4.37. The van der Waals surface area contributed by atoms with Crippen molar-refractivity contribution in [3.8, 4) is 5.75 Å². The van der Waals surface area contributed by atoms with Gasteiger partial charge in [0.15, 0.2) is 0 Å². The largest absolute Gasteiger partial charge is 0.507 e. The Morgan fingerprint density at radius 3 is 2.15 bits per heavy atom. The lowest BCUT2D eigenvalue weighted by atomic mass is 10.2. The number of thioether (sulfide) groups is 1. The van der Waals surface area contributed by atoms with E-state index in [1.807, 2.05) is 0 Å². The van der Waals surface area contributed by atoms with Crippen molar-refractivity contribution in [3.05, 3.63) is 88.0 Å². The summed E-state index contributed by atoms with van der Waals surface area (Å²) in [7, 11) is 0. The highest BCUT2D eigenvalue weighted by Gasteiger charge is 2.17. The lowest BCUT2D eigenvalue weighted by Gasteiger charge is -2.13. The number of non-ortho nitro benzene ring substituents is 1. The summed E-state index contributed by atoms with van der Waals surface area (Å²) in [4.78, 5) is 46.8. The zero-order valence-electron chi connectivity index (χ0n) is 17.7. The van der Waals surface area contributed by atoms with E-state index in [9.17, 15) is 29.6 Å². The lowest BCUT2D eigenvalue weighted by molar-refractivity contribution is -0.384. The van der Waals surface area contributed by atoms with E-state index in [1.54, 1.807) is 31.2 Å². The molecule has 0 heterocycles. The number of nitrogens with zero attached hydrogens (tertiary/aromatic N) is 1. The first-order valence-corrected chi connectivity index (χ1v) is 10.7. The molecule has 34 heavy (non-hydrogen) atoms. The van der Waals surface area contributed by atoms with E-state index in [-0.39, 0.29) is 28.4 Å². The summed E-state index contributed by atoms with van der Waals surface area (Å²) in [5.41, 5.74) is 0.606. The zero-order valence-corrected chi connectivity index (χ0v) is 18.5. The van der Waals surface area contributed by atoms with Crippen molar-refractivity contribution < 1.29 is 29.5 Å². The summed E-state index contributed by atoms with van der Waals surface area (Å²) in [5, 5.41) is 34.1. The minimum atomic E-state index is -1.31. The molecule has 1 unspecified atom stereocenters. The molecule has 10 nitrogen and oxygen atoms in total. The van der Waals surface area contributed by atoms with Gasteiger partial charge in [0.25, 0.3) is 11.6 Å². The number of carbonyl (C=O) groups is 3. The summed E-state index contributed by atoms with van der Waals surface area (Å²) < 4.78 is 0. The van der Waals surface area contributed by atoms with E-state index in [2.05, 4.69) is 10.6 Å². The molecule has 174 valence electrons. The van der Waals surface area contributed by atoms with Crippen LogP contribution in [0.1, 0.15) is 27.6 Å². The van der Waals surface area contributed by atoms with E-state index in [1.165, 1.54) is 54.2 Å². The Kier molecular flexibility index (Phi) is 7.49. The summed E-state index contributed by atoms with van der Waals surface area (Å²) in [6.07, 6.45) is 0. The molecular weight excluding hydrogens is 462 g/mol. The quantitative estimate of drug-likeness (QED) is 0.160. The van der Waals surface area contributed by atoms with Crippen molar-refractivity contribution in [2.45, 2.75) is 17.1 Å². The van der Waals surface area contributed by atoms with Crippen molar-refractivity contribution in [3.63, 3.8) is 0 Å². The number of nitro groups is 1. The number of carbonyl (C=O) groups excluding carboxylic acids is 2. The number of hydrogen-bond acceptors (Lipinski definition) is 7. The zero-order chi connectivity index (χ0) is 24.8. The number of carboxylic acid groups (broad SMARTS) is 1. The fourth-order valence-corrected chi connectivity index (χ4v) is 3.71. The van der Waals surface area contributed by atoms with E-state index < -0.39 is 27.8 Å². The van der Waals surface area contributed by atoms with Gasteiger partial charge in [-0.3, -0.25) is 19.7 Å². The van der Waals surface area contributed by atoms with Gasteiger partial charge in [-0.25, -0.2) is 4.79 Å². The van der Waals surface area contributed by atoms with Gasteiger partial charge in [-0.15, -0.1) is 11.8 Å². The first-order chi connectivity index (χ1) is 16.1. The third-order valence-electron chi connectivity index (χ3n) is 4.63. The number of hydrogen-bond donors (Lipinski definition) is 4. The molecule has 0 radical (unpaired) electrons. The molecule has 0 aromatic heterocycles. The second-order valence-corrected chi connectivity index (χ2v) is 8.48. The number of aromatic carboxylic acids is 1. The van der Waals surface area contributed by atoms with Gasteiger partial charge in [0.2, 0.25) is 5.91 Å². The Labute approximate surface area is 197 Å². The molecule has 0 spiro atoms. The maximum absolute atomic E-state index is 12.5. The average Bonchev–Trinajstić information content (AvgIpc) is 2.81. The first-order valence-electron chi connectivity index (χ1n) is 9.83. The molecule has 4 N–H and O–H groups in total. The third kappa shape index (κ3) is 6.11. The Balaban J connectivity index is 1.57. The van der Waals surface area contributed by atoms with E-state index in [0.717, 1.165) is 4.90 Å². The van der Waals surface area contributed by atoms with Crippen LogP contribution in [0, 0.1) is 10.1 Å². The number of nitro benzene ring substituents is 1. The van der Waals surface area contributed by atoms with Gasteiger partial charge < -0.3 is 20.8 Å². The molecule has 0 saturated heterocycles. The molecule has 0 bridgehead atoms. The molecule has 11 heteroatoms. The molecule has 0 fully saturated rings. The molecule has 0 aliphatic heterocycles. The molecule has 0 aliphatic rings. The topological polar surface area (TPSA) is 159 Å². The van der Waals surface area contributed by atoms with Crippen LogP contribution in [0.5, 0.6) is 5.75 Å². The second kappa shape index (κ2) is 10.5. The summed E-state index contributed by atoms with van der Waals surface area (Å²) in [6.45, 7) is 1.68. The highest BCUT2D eigenvalue weighted by molar-refractivity contribution is 8.00. The van der Waals surface area contributed by atoms with Crippen LogP contribution in [-0.2, 0) is 4.79 Å². The highest BCUT2D eigenvalue weighted by Crippen LogP contribution is 2.27. The van der Waals surface area contributed by atoms with Gasteiger partial charge in [-0.05, 0) is 61.5 Å². The van der Waals surface area contributed by atoms with Crippen molar-refractivity contribution in [1.82, 2.24) is 0 Å². The van der Waals surface area contributed by atoms with Crippen LogP contribution in [0.25, 0.3) is 0 Å². The van der Waals surface area contributed by atoms with Crippen LogP contribution in [0.15, 0.2) is 71.6 Å². The van der Waals surface area contributed by atoms with Gasteiger partial charge in [0.1, 0.15) is 11.3 Å². The molecule has 3 aromatic carbocycles. The third-order valence-corrected chi connectivity index (χ3v) is 5.74. The molecule has 0 saturated carbocycles. The number of rotatable bonds is 8. The van der Waals surface area contributed by atoms with Crippen molar-refractivity contribution in [2.24, 2.45) is 0 Å². The molecule has 0 aliphatic carbocycles. The molecule has 2 amide bonds. The number of phenols is 1. The van der Waals surface area contributed by atoms with Gasteiger partial charge in [-0.1, -0.05) is 0 Å².